The lowest BCUT2D eigenvalue weighted by molar-refractivity contribution is -0.00115. The fraction of sp³-hybridized carbons (Fsp3) is 0.190. The van der Waals surface area contributed by atoms with Gasteiger partial charge in [0.2, 0.25) is 5.82 Å². The maximum atomic E-state index is 6.02. The van der Waals surface area contributed by atoms with Gasteiger partial charge in [0, 0.05) is 5.56 Å². The van der Waals surface area contributed by atoms with Crippen LogP contribution in [0.15, 0.2) is 65.2 Å². The third-order valence-electron chi connectivity index (χ3n) is 4.80. The number of methoxy groups -OCH3 is 1. The van der Waals surface area contributed by atoms with E-state index < -0.39 is 0 Å². The second kappa shape index (κ2) is 6.94. The summed E-state index contributed by atoms with van der Waals surface area (Å²) < 4.78 is 18.6. The fourth-order valence-corrected chi connectivity index (χ4v) is 3.28. The van der Waals surface area contributed by atoms with Crippen molar-refractivity contribution in [3.05, 3.63) is 71.9 Å². The summed E-state index contributed by atoms with van der Waals surface area (Å²) in [6, 6.07) is 19.6. The Bertz CT molecular complexity index is 1090. The predicted octanol–water partition coefficient (Wildman–Crippen LogP) is 3.88. The lowest BCUT2D eigenvalue weighted by Crippen LogP contribution is -2.21. The van der Waals surface area contributed by atoms with Crippen LogP contribution in [0.3, 0.4) is 0 Å². The Labute approximate surface area is 161 Å². The zero-order chi connectivity index (χ0) is 18.9. The lowest BCUT2D eigenvalue weighted by atomic mass is 10.1. The molecule has 3 heterocycles. The van der Waals surface area contributed by atoms with E-state index in [0.29, 0.717) is 30.6 Å². The van der Waals surface area contributed by atoms with Crippen molar-refractivity contribution in [2.45, 2.75) is 19.3 Å². The Morgan fingerprint density at radius 1 is 1.07 bits per heavy atom. The topological polar surface area (TPSA) is 75.2 Å². The van der Waals surface area contributed by atoms with Gasteiger partial charge in [0.05, 0.1) is 26.0 Å². The summed E-state index contributed by atoms with van der Waals surface area (Å²) in [5.41, 5.74) is 3.64. The average Bonchev–Trinajstić information content (AvgIpc) is 3.41. The van der Waals surface area contributed by atoms with Gasteiger partial charge in [-0.05, 0) is 23.8 Å². The third kappa shape index (κ3) is 3.05. The van der Waals surface area contributed by atoms with Crippen LogP contribution in [-0.2, 0) is 17.9 Å². The van der Waals surface area contributed by atoms with Crippen molar-refractivity contribution in [1.82, 2.24) is 19.9 Å². The molecule has 0 saturated carbocycles. The van der Waals surface area contributed by atoms with E-state index in [4.69, 9.17) is 14.0 Å². The lowest BCUT2D eigenvalue weighted by Gasteiger charge is -2.24. The molecule has 7 heteroatoms. The highest BCUT2D eigenvalue weighted by Crippen LogP contribution is 2.30. The van der Waals surface area contributed by atoms with Gasteiger partial charge in [0.25, 0.3) is 5.89 Å². The van der Waals surface area contributed by atoms with E-state index in [0.717, 1.165) is 22.6 Å². The number of hydrogen-bond acceptors (Lipinski definition) is 6. The quantitative estimate of drug-likeness (QED) is 0.540. The Morgan fingerprint density at radius 2 is 1.89 bits per heavy atom. The molecular formula is C21H18N4O3. The maximum Gasteiger partial charge on any atom is 0.278 e. The summed E-state index contributed by atoms with van der Waals surface area (Å²) in [4.78, 5) is 4.48. The number of rotatable bonds is 4. The van der Waals surface area contributed by atoms with Crippen molar-refractivity contribution < 1.29 is 14.0 Å². The Balaban J connectivity index is 1.38. The van der Waals surface area contributed by atoms with Gasteiger partial charge < -0.3 is 14.0 Å². The summed E-state index contributed by atoms with van der Waals surface area (Å²) in [5, 5.41) is 8.72. The number of nitrogens with zero attached hydrogens (tertiary/aromatic N) is 4. The highest BCUT2D eigenvalue weighted by atomic mass is 16.5. The van der Waals surface area contributed by atoms with Crippen molar-refractivity contribution >= 4 is 0 Å². The molecule has 0 N–H and O–H groups in total. The molecule has 0 amide bonds. The molecule has 1 aliphatic heterocycles. The highest BCUT2D eigenvalue weighted by molar-refractivity contribution is 5.57. The first-order valence-electron chi connectivity index (χ1n) is 9.02. The van der Waals surface area contributed by atoms with Crippen LogP contribution in [0.25, 0.3) is 23.0 Å². The van der Waals surface area contributed by atoms with Crippen LogP contribution < -0.4 is 4.74 Å². The zero-order valence-corrected chi connectivity index (χ0v) is 15.3. The molecular weight excluding hydrogens is 356 g/mol. The molecule has 5 rings (SSSR count). The van der Waals surface area contributed by atoms with Crippen molar-refractivity contribution in [3.8, 4) is 28.7 Å². The van der Waals surface area contributed by atoms with Gasteiger partial charge in [0.1, 0.15) is 11.9 Å². The average molecular weight is 374 g/mol. The monoisotopic (exact) mass is 374 g/mol. The molecule has 0 saturated heterocycles. The molecule has 0 radical (unpaired) electrons. The number of hydrogen-bond donors (Lipinski definition) is 0. The maximum absolute atomic E-state index is 6.02. The summed E-state index contributed by atoms with van der Waals surface area (Å²) in [5.74, 6) is 1.78. The van der Waals surface area contributed by atoms with Crippen molar-refractivity contribution in [1.29, 1.82) is 0 Å². The number of benzene rings is 2. The van der Waals surface area contributed by atoms with Crippen LogP contribution in [0.4, 0.5) is 0 Å². The Morgan fingerprint density at radius 3 is 2.68 bits per heavy atom. The van der Waals surface area contributed by atoms with Gasteiger partial charge in [0.15, 0.2) is 5.69 Å². The SMILES string of the molecule is COc1ccc([C@H]2Cn3nc(-c4nc(-c5ccccc5)no4)cc3CO2)cc1. The molecule has 1 atom stereocenters. The molecule has 2 aromatic heterocycles. The van der Waals surface area contributed by atoms with Crippen LogP contribution >= 0.6 is 0 Å². The molecule has 28 heavy (non-hydrogen) atoms. The zero-order valence-electron chi connectivity index (χ0n) is 15.3. The van der Waals surface area contributed by atoms with Crippen molar-refractivity contribution in [3.63, 3.8) is 0 Å². The first kappa shape index (κ1) is 16.7. The van der Waals surface area contributed by atoms with E-state index in [1.165, 1.54) is 0 Å². The third-order valence-corrected chi connectivity index (χ3v) is 4.80. The summed E-state index contributed by atoms with van der Waals surface area (Å²) in [6.07, 6.45) is -0.0614. The molecule has 140 valence electrons. The van der Waals surface area contributed by atoms with Gasteiger partial charge in [-0.25, -0.2) is 0 Å². The number of aromatic nitrogens is 4. The number of fused-ring (bicyclic) bond motifs is 1. The van der Waals surface area contributed by atoms with Gasteiger partial charge >= 0.3 is 0 Å². The first-order chi connectivity index (χ1) is 13.8. The van der Waals surface area contributed by atoms with E-state index in [1.807, 2.05) is 65.3 Å². The molecule has 0 bridgehead atoms. The molecule has 0 unspecified atom stereocenters. The fourth-order valence-electron chi connectivity index (χ4n) is 3.28. The normalized spacial score (nSPS) is 16.0. The van der Waals surface area contributed by atoms with Crippen LogP contribution in [0.2, 0.25) is 0 Å². The standard InChI is InChI=1S/C21H18N4O3/c1-26-17-9-7-14(8-10-17)19-12-25-16(13-27-19)11-18(23-25)21-22-20(24-28-21)15-5-3-2-4-6-15/h2-11,19H,12-13H2,1H3/t19-/m1/s1. The molecule has 0 spiro atoms. The number of ether oxygens (including phenoxy) is 2. The van der Waals surface area contributed by atoms with E-state index in [1.54, 1.807) is 7.11 Å². The van der Waals surface area contributed by atoms with Crippen LogP contribution in [0, 0.1) is 0 Å². The van der Waals surface area contributed by atoms with E-state index >= 15 is 0 Å². The van der Waals surface area contributed by atoms with Crippen LogP contribution in [0.5, 0.6) is 5.75 Å². The van der Waals surface area contributed by atoms with Gasteiger partial charge in [-0.15, -0.1) is 0 Å². The minimum atomic E-state index is -0.0614. The minimum Gasteiger partial charge on any atom is -0.497 e. The van der Waals surface area contributed by atoms with Crippen molar-refractivity contribution in [2.75, 3.05) is 7.11 Å². The van der Waals surface area contributed by atoms with Crippen molar-refractivity contribution in [2.24, 2.45) is 0 Å². The largest absolute Gasteiger partial charge is 0.497 e. The van der Waals surface area contributed by atoms with Gasteiger partial charge in [-0.2, -0.15) is 10.1 Å². The summed E-state index contributed by atoms with van der Waals surface area (Å²) in [6.45, 7) is 1.10. The second-order valence-corrected chi connectivity index (χ2v) is 6.56. The summed E-state index contributed by atoms with van der Waals surface area (Å²) >= 11 is 0. The van der Waals surface area contributed by atoms with Gasteiger partial charge in [-0.3, -0.25) is 4.68 Å². The van der Waals surface area contributed by atoms with E-state index in [-0.39, 0.29) is 6.10 Å². The minimum absolute atomic E-state index is 0.0614. The highest BCUT2D eigenvalue weighted by Gasteiger charge is 2.24. The molecule has 0 fully saturated rings. The predicted molar refractivity (Wildman–Crippen MR) is 101 cm³/mol. The molecule has 1 aliphatic rings. The molecule has 7 nitrogen and oxygen atoms in total. The van der Waals surface area contributed by atoms with E-state index in [2.05, 4.69) is 15.2 Å². The first-order valence-corrected chi connectivity index (χ1v) is 9.02. The molecule has 0 aliphatic carbocycles. The smallest absolute Gasteiger partial charge is 0.278 e. The van der Waals surface area contributed by atoms with Gasteiger partial charge in [-0.1, -0.05) is 47.6 Å². The summed E-state index contributed by atoms with van der Waals surface area (Å²) in [7, 11) is 1.66. The molecule has 4 aromatic rings. The molecule has 2 aromatic carbocycles. The van der Waals surface area contributed by atoms with E-state index in [9.17, 15) is 0 Å². The van der Waals surface area contributed by atoms with Crippen LogP contribution in [-0.4, -0.2) is 27.0 Å². The Hall–Kier alpha value is -3.45. The van der Waals surface area contributed by atoms with Crippen LogP contribution in [0.1, 0.15) is 17.4 Å². The second-order valence-electron chi connectivity index (χ2n) is 6.56. The Kier molecular flexibility index (Phi) is 4.14.